The lowest BCUT2D eigenvalue weighted by molar-refractivity contribution is 0.102. The van der Waals surface area contributed by atoms with E-state index in [1.165, 1.54) is 47.8 Å². The highest BCUT2D eigenvalue weighted by molar-refractivity contribution is 9.10. The summed E-state index contributed by atoms with van der Waals surface area (Å²) in [5.74, 6) is -1.11. The van der Waals surface area contributed by atoms with E-state index < -0.39 is 21.7 Å². The first-order valence-corrected chi connectivity index (χ1v) is 11.0. The molecule has 6 nitrogen and oxygen atoms in total. The number of benzene rings is 2. The third-order valence-corrected chi connectivity index (χ3v) is 6.93. The van der Waals surface area contributed by atoms with Gasteiger partial charge in [0.05, 0.1) is 23.3 Å². The van der Waals surface area contributed by atoms with Crippen LogP contribution in [0.15, 0.2) is 45.8 Å². The minimum atomic E-state index is -3.68. The Balaban J connectivity index is 1.93. The number of sulfonamides is 1. The third kappa shape index (κ3) is 4.37. The summed E-state index contributed by atoms with van der Waals surface area (Å²) in [6, 6.07) is 8.27. The van der Waals surface area contributed by atoms with Gasteiger partial charge in [0.25, 0.3) is 5.91 Å². The van der Waals surface area contributed by atoms with E-state index in [0.717, 1.165) is 19.3 Å². The van der Waals surface area contributed by atoms with E-state index in [1.54, 1.807) is 0 Å². The Morgan fingerprint density at radius 1 is 1.14 bits per heavy atom. The Kier molecular flexibility index (Phi) is 6.36. The second-order valence-electron chi connectivity index (χ2n) is 6.41. The Hall–Kier alpha value is -1.97. The summed E-state index contributed by atoms with van der Waals surface area (Å²) in [7, 11) is -2.27. The van der Waals surface area contributed by atoms with Crippen molar-refractivity contribution < 1.29 is 22.3 Å². The standard InChI is InChI=1S/C19H20BrFN2O4S/c1-27-18-8-6-14(28(25,26)23-9-3-2-4-10-23)12-17(18)22-19(24)15-11-13(20)5-7-16(15)21/h5-8,11-12H,2-4,9-10H2,1H3,(H,22,24). The summed E-state index contributed by atoms with van der Waals surface area (Å²) < 4.78 is 47.0. The van der Waals surface area contributed by atoms with Gasteiger partial charge in [-0.3, -0.25) is 4.79 Å². The maximum atomic E-state index is 14.0. The summed E-state index contributed by atoms with van der Waals surface area (Å²) >= 11 is 3.20. The van der Waals surface area contributed by atoms with E-state index in [-0.39, 0.29) is 21.9 Å². The van der Waals surface area contributed by atoms with Gasteiger partial charge in [-0.15, -0.1) is 0 Å². The molecule has 1 amide bonds. The molecule has 1 saturated heterocycles. The third-order valence-electron chi connectivity index (χ3n) is 4.54. The van der Waals surface area contributed by atoms with E-state index in [9.17, 15) is 17.6 Å². The van der Waals surface area contributed by atoms with Crippen LogP contribution in [0.25, 0.3) is 0 Å². The van der Waals surface area contributed by atoms with Crippen LogP contribution in [0.5, 0.6) is 5.75 Å². The molecule has 0 spiro atoms. The van der Waals surface area contributed by atoms with Crippen LogP contribution in [0.1, 0.15) is 29.6 Å². The average molecular weight is 471 g/mol. The maximum Gasteiger partial charge on any atom is 0.258 e. The molecule has 0 aromatic heterocycles. The van der Waals surface area contributed by atoms with Crippen molar-refractivity contribution in [3.63, 3.8) is 0 Å². The van der Waals surface area contributed by atoms with Gasteiger partial charge in [0.15, 0.2) is 0 Å². The molecule has 0 saturated carbocycles. The van der Waals surface area contributed by atoms with Gasteiger partial charge >= 0.3 is 0 Å². The van der Waals surface area contributed by atoms with Crippen molar-refractivity contribution in [2.45, 2.75) is 24.2 Å². The van der Waals surface area contributed by atoms with Crippen molar-refractivity contribution in [1.29, 1.82) is 0 Å². The number of amides is 1. The van der Waals surface area contributed by atoms with Crippen LogP contribution in [-0.4, -0.2) is 38.8 Å². The highest BCUT2D eigenvalue weighted by Gasteiger charge is 2.27. The molecule has 3 rings (SSSR count). The fraction of sp³-hybridized carbons (Fsp3) is 0.316. The summed E-state index contributed by atoms with van der Waals surface area (Å²) in [5, 5.41) is 2.55. The van der Waals surface area contributed by atoms with Crippen molar-refractivity contribution in [2.75, 3.05) is 25.5 Å². The molecule has 1 aliphatic rings. The van der Waals surface area contributed by atoms with Crippen LogP contribution in [-0.2, 0) is 10.0 Å². The summed E-state index contributed by atoms with van der Waals surface area (Å²) in [6.07, 6.45) is 2.65. The quantitative estimate of drug-likeness (QED) is 0.715. The predicted molar refractivity (Wildman–Crippen MR) is 108 cm³/mol. The molecule has 1 aliphatic heterocycles. The number of methoxy groups -OCH3 is 1. The number of carbonyl (C=O) groups is 1. The fourth-order valence-electron chi connectivity index (χ4n) is 3.06. The lowest BCUT2D eigenvalue weighted by Gasteiger charge is -2.26. The largest absolute Gasteiger partial charge is 0.495 e. The monoisotopic (exact) mass is 470 g/mol. The number of ether oxygens (including phenoxy) is 1. The molecule has 1 N–H and O–H groups in total. The smallest absolute Gasteiger partial charge is 0.258 e. The first-order chi connectivity index (χ1) is 13.3. The molecule has 1 fully saturated rings. The molecule has 1 heterocycles. The molecule has 2 aromatic carbocycles. The topological polar surface area (TPSA) is 75.7 Å². The zero-order valence-electron chi connectivity index (χ0n) is 15.2. The molecular weight excluding hydrogens is 451 g/mol. The van der Waals surface area contributed by atoms with Crippen molar-refractivity contribution >= 4 is 37.5 Å². The number of nitrogens with one attached hydrogen (secondary N) is 1. The van der Waals surface area contributed by atoms with Crippen LogP contribution in [0, 0.1) is 5.82 Å². The first kappa shape index (κ1) is 20.8. The molecule has 0 radical (unpaired) electrons. The Bertz CT molecular complexity index is 991. The van der Waals surface area contributed by atoms with Gasteiger partial charge in [-0.05, 0) is 49.2 Å². The Morgan fingerprint density at radius 2 is 1.86 bits per heavy atom. The summed E-state index contributed by atoms with van der Waals surface area (Å²) in [5.41, 5.74) is -0.00863. The molecule has 28 heavy (non-hydrogen) atoms. The van der Waals surface area contributed by atoms with Gasteiger partial charge in [0.2, 0.25) is 10.0 Å². The molecular formula is C19H20BrFN2O4S. The number of piperidine rings is 1. The van der Waals surface area contributed by atoms with E-state index in [2.05, 4.69) is 21.2 Å². The average Bonchev–Trinajstić information content (AvgIpc) is 2.70. The molecule has 0 atom stereocenters. The number of hydrogen-bond donors (Lipinski definition) is 1. The van der Waals surface area contributed by atoms with Crippen LogP contribution in [0.4, 0.5) is 10.1 Å². The molecule has 150 valence electrons. The molecule has 2 aromatic rings. The summed E-state index contributed by atoms with van der Waals surface area (Å²) in [4.78, 5) is 12.6. The van der Waals surface area contributed by atoms with Crippen LogP contribution in [0.2, 0.25) is 0 Å². The number of hydrogen-bond acceptors (Lipinski definition) is 4. The van der Waals surface area contributed by atoms with Gasteiger partial charge in [0, 0.05) is 17.6 Å². The minimum Gasteiger partial charge on any atom is -0.495 e. The van der Waals surface area contributed by atoms with Gasteiger partial charge in [-0.1, -0.05) is 22.4 Å². The Labute approximate surface area is 171 Å². The van der Waals surface area contributed by atoms with Crippen molar-refractivity contribution in [3.8, 4) is 5.75 Å². The van der Waals surface area contributed by atoms with Crippen LogP contribution < -0.4 is 10.1 Å². The molecule has 0 aliphatic carbocycles. The number of rotatable bonds is 5. The zero-order valence-corrected chi connectivity index (χ0v) is 17.6. The van der Waals surface area contributed by atoms with Gasteiger partial charge < -0.3 is 10.1 Å². The Morgan fingerprint density at radius 3 is 2.54 bits per heavy atom. The van der Waals surface area contributed by atoms with Gasteiger partial charge in [0.1, 0.15) is 11.6 Å². The molecule has 0 unspecified atom stereocenters. The maximum absolute atomic E-state index is 14.0. The van der Waals surface area contributed by atoms with Crippen molar-refractivity contribution in [2.24, 2.45) is 0 Å². The second kappa shape index (κ2) is 8.59. The van der Waals surface area contributed by atoms with E-state index in [0.29, 0.717) is 17.6 Å². The second-order valence-corrected chi connectivity index (χ2v) is 9.26. The SMILES string of the molecule is COc1ccc(S(=O)(=O)N2CCCCC2)cc1NC(=O)c1cc(Br)ccc1F. The van der Waals surface area contributed by atoms with E-state index in [1.807, 2.05) is 0 Å². The van der Waals surface area contributed by atoms with Crippen LogP contribution in [0.3, 0.4) is 0 Å². The predicted octanol–water partition coefficient (Wildman–Crippen LogP) is 4.02. The lowest BCUT2D eigenvalue weighted by atomic mass is 10.2. The van der Waals surface area contributed by atoms with E-state index in [4.69, 9.17) is 4.74 Å². The van der Waals surface area contributed by atoms with Gasteiger partial charge in [-0.2, -0.15) is 4.31 Å². The van der Waals surface area contributed by atoms with Crippen molar-refractivity contribution in [3.05, 3.63) is 52.3 Å². The van der Waals surface area contributed by atoms with Crippen LogP contribution >= 0.6 is 15.9 Å². The molecule has 9 heteroatoms. The highest BCUT2D eigenvalue weighted by Crippen LogP contribution is 2.30. The number of carbonyl (C=O) groups excluding carboxylic acids is 1. The zero-order chi connectivity index (χ0) is 20.3. The number of anilines is 1. The number of halogens is 2. The normalized spacial score (nSPS) is 15.2. The summed E-state index contributed by atoms with van der Waals surface area (Å²) in [6.45, 7) is 0.943. The minimum absolute atomic E-state index is 0.0558. The molecule has 0 bridgehead atoms. The van der Waals surface area contributed by atoms with Crippen molar-refractivity contribution in [1.82, 2.24) is 4.31 Å². The highest BCUT2D eigenvalue weighted by atomic mass is 79.9. The first-order valence-electron chi connectivity index (χ1n) is 8.77. The number of nitrogens with zero attached hydrogens (tertiary/aromatic N) is 1. The lowest BCUT2D eigenvalue weighted by Crippen LogP contribution is -2.35. The van der Waals surface area contributed by atoms with Gasteiger partial charge in [-0.25, -0.2) is 12.8 Å². The van der Waals surface area contributed by atoms with E-state index >= 15 is 0 Å². The fourth-order valence-corrected chi connectivity index (χ4v) is 4.97.